The maximum atomic E-state index is 12.3. The van der Waals surface area contributed by atoms with E-state index in [1.807, 2.05) is 4.40 Å². The lowest BCUT2D eigenvalue weighted by Crippen LogP contribution is -2.36. The molecule has 0 aliphatic carbocycles. The summed E-state index contributed by atoms with van der Waals surface area (Å²) < 4.78 is 60.7. The molecule has 0 aliphatic rings. The molecule has 194 valence electrons. The van der Waals surface area contributed by atoms with Crippen molar-refractivity contribution in [3.05, 3.63) is 54.4 Å². The van der Waals surface area contributed by atoms with E-state index in [1.165, 1.54) is 12.5 Å². The van der Waals surface area contributed by atoms with Crippen LogP contribution in [0.3, 0.4) is 0 Å². The summed E-state index contributed by atoms with van der Waals surface area (Å²) in [5.74, 6) is 0.0562. The number of urea groups is 1. The Labute approximate surface area is 205 Å². The first kappa shape index (κ1) is 26.9. The quantitative estimate of drug-likeness (QED) is 0.200. The van der Waals surface area contributed by atoms with Crippen LogP contribution in [0.25, 0.3) is 16.9 Å². The number of sulfone groups is 1. The van der Waals surface area contributed by atoms with Gasteiger partial charge in [0.25, 0.3) is 0 Å². The van der Waals surface area contributed by atoms with Gasteiger partial charge in [-0.2, -0.15) is 13.2 Å². The van der Waals surface area contributed by atoms with Gasteiger partial charge >= 0.3 is 12.2 Å². The van der Waals surface area contributed by atoms with Gasteiger partial charge < -0.3 is 20.8 Å². The lowest BCUT2D eigenvalue weighted by Gasteiger charge is -2.10. The molecule has 0 saturated heterocycles. The molecule has 0 unspecified atom stereocenters. The number of benzene rings is 1. The molecule has 0 aliphatic heterocycles. The SMILES string of the molecule is CS(=O)(=O)CCNCCON=Cc1ccn2c(-c3cccc(NC(=O)NCC(F)(F)F)c3)cnc2c1. The molecule has 0 spiro atoms. The monoisotopic (exact) mass is 526 g/mol. The normalized spacial score (nSPS) is 12.2. The van der Waals surface area contributed by atoms with Crippen LogP contribution >= 0.6 is 0 Å². The number of aromatic nitrogens is 2. The lowest BCUT2D eigenvalue weighted by atomic mass is 10.1. The number of nitrogens with zero attached hydrogens (tertiary/aromatic N) is 3. The number of hydrogen-bond acceptors (Lipinski definition) is 7. The first-order valence-corrected chi connectivity index (χ1v) is 12.8. The average Bonchev–Trinajstić information content (AvgIpc) is 3.22. The van der Waals surface area contributed by atoms with Crippen LogP contribution < -0.4 is 16.0 Å². The number of oxime groups is 1. The zero-order valence-corrected chi connectivity index (χ0v) is 20.1. The summed E-state index contributed by atoms with van der Waals surface area (Å²) in [7, 11) is -3.00. The summed E-state index contributed by atoms with van der Waals surface area (Å²) in [6.07, 6.45) is 1.62. The number of carbonyl (C=O) groups is 1. The highest BCUT2D eigenvalue weighted by molar-refractivity contribution is 7.90. The van der Waals surface area contributed by atoms with Crippen LogP contribution in [0.15, 0.2) is 53.9 Å². The van der Waals surface area contributed by atoms with Crippen LogP contribution in [0.2, 0.25) is 0 Å². The van der Waals surface area contributed by atoms with Crippen LogP contribution in [-0.2, 0) is 14.7 Å². The van der Waals surface area contributed by atoms with Crippen LogP contribution in [0, 0.1) is 0 Å². The van der Waals surface area contributed by atoms with Crippen molar-refractivity contribution in [2.45, 2.75) is 6.18 Å². The van der Waals surface area contributed by atoms with Gasteiger partial charge in [0.05, 0.1) is 23.9 Å². The highest BCUT2D eigenvalue weighted by atomic mass is 32.2. The van der Waals surface area contributed by atoms with Crippen molar-refractivity contribution >= 4 is 33.4 Å². The maximum Gasteiger partial charge on any atom is 0.405 e. The molecular formula is C22H25F3N6O4S. The van der Waals surface area contributed by atoms with E-state index in [-0.39, 0.29) is 12.4 Å². The Morgan fingerprint density at radius 1 is 1.22 bits per heavy atom. The van der Waals surface area contributed by atoms with Crippen molar-refractivity contribution < 1.29 is 31.2 Å². The third kappa shape index (κ3) is 8.85. The first-order chi connectivity index (χ1) is 17.0. The number of hydrogen-bond donors (Lipinski definition) is 3. The number of anilines is 1. The van der Waals surface area contributed by atoms with Gasteiger partial charge in [-0.25, -0.2) is 18.2 Å². The summed E-state index contributed by atoms with van der Waals surface area (Å²) in [6.45, 7) is -0.359. The Bertz CT molecular complexity index is 1320. The Morgan fingerprint density at radius 3 is 2.78 bits per heavy atom. The van der Waals surface area contributed by atoms with Gasteiger partial charge in [-0.05, 0) is 24.3 Å². The summed E-state index contributed by atoms with van der Waals surface area (Å²) in [6, 6.07) is 9.27. The van der Waals surface area contributed by atoms with Crippen LogP contribution in [-0.4, -0.2) is 74.5 Å². The summed E-state index contributed by atoms with van der Waals surface area (Å²) in [4.78, 5) is 21.3. The molecule has 0 fully saturated rings. The number of alkyl halides is 3. The van der Waals surface area contributed by atoms with E-state index in [1.54, 1.807) is 54.1 Å². The fraction of sp³-hybridized carbons (Fsp3) is 0.318. The van der Waals surface area contributed by atoms with Gasteiger partial charge in [0.15, 0.2) is 0 Å². The van der Waals surface area contributed by atoms with Crippen molar-refractivity contribution in [3.8, 4) is 11.3 Å². The number of amides is 2. The van der Waals surface area contributed by atoms with Crippen LogP contribution in [0.4, 0.5) is 23.7 Å². The van der Waals surface area contributed by atoms with Gasteiger partial charge in [-0.3, -0.25) is 4.40 Å². The molecule has 10 nitrogen and oxygen atoms in total. The Balaban J connectivity index is 1.57. The van der Waals surface area contributed by atoms with Gasteiger partial charge in [-0.1, -0.05) is 17.3 Å². The van der Waals surface area contributed by atoms with Gasteiger partial charge in [0.2, 0.25) is 0 Å². The molecule has 3 N–H and O–H groups in total. The second-order valence-electron chi connectivity index (χ2n) is 7.78. The van der Waals surface area contributed by atoms with E-state index in [9.17, 15) is 26.4 Å². The minimum Gasteiger partial charge on any atom is -0.394 e. The van der Waals surface area contributed by atoms with Crippen molar-refractivity contribution in [2.24, 2.45) is 5.16 Å². The summed E-state index contributed by atoms with van der Waals surface area (Å²) in [5, 5.41) is 11.0. The smallest absolute Gasteiger partial charge is 0.394 e. The Morgan fingerprint density at radius 2 is 2.03 bits per heavy atom. The molecule has 1 aromatic carbocycles. The van der Waals surface area contributed by atoms with E-state index in [4.69, 9.17) is 4.84 Å². The number of nitrogens with one attached hydrogen (secondary N) is 3. The predicted octanol–water partition coefficient (Wildman–Crippen LogP) is 2.67. The van der Waals surface area contributed by atoms with Gasteiger partial charge in [0, 0.05) is 42.4 Å². The van der Waals surface area contributed by atoms with Crippen LogP contribution in [0.1, 0.15) is 5.56 Å². The zero-order chi connectivity index (χ0) is 26.2. The molecule has 2 amide bonds. The first-order valence-electron chi connectivity index (χ1n) is 10.7. The third-order valence-corrected chi connectivity index (χ3v) is 5.64. The largest absolute Gasteiger partial charge is 0.405 e. The molecule has 2 heterocycles. The van der Waals surface area contributed by atoms with Crippen molar-refractivity contribution in [1.29, 1.82) is 0 Å². The van der Waals surface area contributed by atoms with Crippen LogP contribution in [0.5, 0.6) is 0 Å². The second-order valence-corrected chi connectivity index (χ2v) is 10.0. The lowest BCUT2D eigenvalue weighted by molar-refractivity contribution is -0.122. The molecule has 0 atom stereocenters. The Hall–Kier alpha value is -3.65. The van der Waals surface area contributed by atoms with Gasteiger partial charge in [0.1, 0.15) is 28.6 Å². The number of pyridine rings is 1. The van der Waals surface area contributed by atoms with Crippen molar-refractivity contribution in [1.82, 2.24) is 20.0 Å². The topological polar surface area (TPSA) is 126 Å². The standard InChI is InChI=1S/C22H25F3N6O4S/c1-36(33,34)10-7-26-6-9-35-29-13-16-5-8-31-19(14-27-20(31)11-16)17-3-2-4-18(12-17)30-21(32)28-15-22(23,24)25/h2-5,8,11-14,26H,6-7,9-10,15H2,1H3,(H2,28,30,32). The number of imidazole rings is 1. The molecular weight excluding hydrogens is 501 g/mol. The average molecular weight is 527 g/mol. The third-order valence-electron chi connectivity index (χ3n) is 4.70. The minimum absolute atomic E-state index is 0.0562. The highest BCUT2D eigenvalue weighted by Crippen LogP contribution is 2.24. The summed E-state index contributed by atoms with van der Waals surface area (Å²) >= 11 is 0. The number of halogens is 3. The van der Waals surface area contributed by atoms with E-state index in [0.29, 0.717) is 35.7 Å². The minimum atomic E-state index is -4.50. The second kappa shape index (κ2) is 11.9. The molecule has 0 bridgehead atoms. The van der Waals surface area contributed by atoms with Crippen molar-refractivity contribution in [3.63, 3.8) is 0 Å². The van der Waals surface area contributed by atoms with E-state index >= 15 is 0 Å². The van der Waals surface area contributed by atoms with Gasteiger partial charge in [-0.15, -0.1) is 0 Å². The predicted molar refractivity (Wildman–Crippen MR) is 130 cm³/mol. The van der Waals surface area contributed by atoms with Crippen molar-refractivity contribution in [2.75, 3.05) is 43.6 Å². The molecule has 14 heteroatoms. The number of carbonyl (C=O) groups excluding carboxylic acids is 1. The molecule has 3 rings (SSSR count). The molecule has 0 saturated carbocycles. The number of rotatable bonds is 11. The number of fused-ring (bicyclic) bond motifs is 1. The fourth-order valence-corrected chi connectivity index (χ4v) is 3.57. The van der Waals surface area contributed by atoms with E-state index in [0.717, 1.165) is 5.56 Å². The molecule has 0 radical (unpaired) electrons. The zero-order valence-electron chi connectivity index (χ0n) is 19.2. The van der Waals surface area contributed by atoms with E-state index in [2.05, 4.69) is 20.8 Å². The molecule has 36 heavy (non-hydrogen) atoms. The maximum absolute atomic E-state index is 12.3. The fourth-order valence-electron chi connectivity index (χ4n) is 3.05. The highest BCUT2D eigenvalue weighted by Gasteiger charge is 2.27. The summed E-state index contributed by atoms with van der Waals surface area (Å²) in [5.41, 5.74) is 3.10. The van der Waals surface area contributed by atoms with E-state index < -0.39 is 28.6 Å². The Kier molecular flexibility index (Phi) is 8.88. The molecule has 2 aromatic heterocycles. The molecule has 3 aromatic rings.